The van der Waals surface area contributed by atoms with Crippen LogP contribution in [0, 0.1) is 0 Å². The summed E-state index contributed by atoms with van der Waals surface area (Å²) in [5, 5.41) is 2.00. The quantitative estimate of drug-likeness (QED) is 0.537. The van der Waals surface area contributed by atoms with Crippen molar-refractivity contribution in [2.45, 2.75) is 25.4 Å². The second kappa shape index (κ2) is 9.67. The standard InChI is InChI=1S/C18H21NO3S.ClH/c20-18(21-15-7-2-1-3-8-15)22-16(17-9-6-14-23-17)10-13-19-11-4-5-12-19;/h1-3,6-9,14,16H,4-5,10-13H2;1H. The molecular weight excluding hydrogens is 346 g/mol. The van der Waals surface area contributed by atoms with E-state index in [2.05, 4.69) is 4.90 Å². The molecule has 1 fully saturated rings. The summed E-state index contributed by atoms with van der Waals surface area (Å²) in [5.74, 6) is 0.502. The van der Waals surface area contributed by atoms with Gasteiger partial charge in [0.2, 0.25) is 0 Å². The Bertz CT molecular complexity index is 600. The molecule has 3 rings (SSSR count). The van der Waals surface area contributed by atoms with Crippen molar-refractivity contribution in [3.63, 3.8) is 0 Å². The number of rotatable bonds is 6. The molecule has 1 aliphatic rings. The van der Waals surface area contributed by atoms with E-state index in [0.717, 1.165) is 30.9 Å². The van der Waals surface area contributed by atoms with Crippen LogP contribution in [-0.2, 0) is 4.74 Å². The van der Waals surface area contributed by atoms with Gasteiger partial charge in [-0.2, -0.15) is 0 Å². The van der Waals surface area contributed by atoms with Gasteiger partial charge in [-0.05, 0) is 49.5 Å². The fourth-order valence-corrected chi connectivity index (χ4v) is 3.55. The molecule has 0 N–H and O–H groups in total. The molecule has 0 spiro atoms. The first kappa shape index (κ1) is 18.8. The van der Waals surface area contributed by atoms with Gasteiger partial charge in [0.15, 0.2) is 0 Å². The zero-order chi connectivity index (χ0) is 15.9. The van der Waals surface area contributed by atoms with Crippen molar-refractivity contribution in [3.8, 4) is 5.75 Å². The minimum atomic E-state index is -0.643. The third-order valence-corrected chi connectivity index (χ3v) is 4.91. The van der Waals surface area contributed by atoms with E-state index in [0.29, 0.717) is 5.75 Å². The van der Waals surface area contributed by atoms with Crippen LogP contribution in [0.1, 0.15) is 30.2 Å². The average Bonchev–Trinajstić information content (AvgIpc) is 3.26. The zero-order valence-corrected chi connectivity index (χ0v) is 15.1. The fourth-order valence-electron chi connectivity index (χ4n) is 2.76. The second-order valence-corrected chi connectivity index (χ2v) is 6.60. The van der Waals surface area contributed by atoms with Crippen LogP contribution >= 0.6 is 23.7 Å². The molecule has 0 aliphatic carbocycles. The maximum atomic E-state index is 12.1. The Labute approximate surface area is 152 Å². The molecule has 4 nitrogen and oxygen atoms in total. The van der Waals surface area contributed by atoms with Gasteiger partial charge in [-0.3, -0.25) is 0 Å². The normalized spacial score (nSPS) is 15.5. The zero-order valence-electron chi connectivity index (χ0n) is 13.4. The number of hydrogen-bond donors (Lipinski definition) is 0. The molecule has 0 saturated carbocycles. The van der Waals surface area contributed by atoms with Crippen LogP contribution in [0.5, 0.6) is 5.75 Å². The van der Waals surface area contributed by atoms with Gasteiger partial charge in [0.1, 0.15) is 11.9 Å². The van der Waals surface area contributed by atoms with Gasteiger partial charge in [-0.25, -0.2) is 4.79 Å². The van der Waals surface area contributed by atoms with E-state index in [9.17, 15) is 4.79 Å². The molecule has 1 aliphatic heterocycles. The summed E-state index contributed by atoms with van der Waals surface area (Å²) < 4.78 is 10.8. The Morgan fingerprint density at radius 3 is 2.54 bits per heavy atom. The molecule has 1 atom stereocenters. The number of hydrogen-bond acceptors (Lipinski definition) is 5. The number of carbonyl (C=O) groups is 1. The van der Waals surface area contributed by atoms with Crippen molar-refractivity contribution in [2.24, 2.45) is 0 Å². The van der Waals surface area contributed by atoms with E-state index in [1.54, 1.807) is 23.5 Å². The number of likely N-dealkylation sites (tertiary alicyclic amines) is 1. The van der Waals surface area contributed by atoms with Crippen molar-refractivity contribution in [3.05, 3.63) is 52.7 Å². The van der Waals surface area contributed by atoms with E-state index in [4.69, 9.17) is 9.47 Å². The maximum Gasteiger partial charge on any atom is 0.514 e. The minimum Gasteiger partial charge on any atom is -0.425 e. The Morgan fingerprint density at radius 1 is 1.12 bits per heavy atom. The van der Waals surface area contributed by atoms with E-state index in [-0.39, 0.29) is 18.5 Å². The lowest BCUT2D eigenvalue weighted by Crippen LogP contribution is -2.24. The Balaban J connectivity index is 0.00000208. The largest absolute Gasteiger partial charge is 0.514 e. The van der Waals surface area contributed by atoms with Crippen molar-refractivity contribution >= 4 is 29.9 Å². The number of benzene rings is 1. The molecule has 130 valence electrons. The van der Waals surface area contributed by atoms with Crippen molar-refractivity contribution in [1.82, 2.24) is 4.90 Å². The Morgan fingerprint density at radius 2 is 1.88 bits per heavy atom. The van der Waals surface area contributed by atoms with Gasteiger partial charge in [0.25, 0.3) is 0 Å². The van der Waals surface area contributed by atoms with E-state index >= 15 is 0 Å². The third kappa shape index (κ3) is 5.51. The van der Waals surface area contributed by atoms with Crippen molar-refractivity contribution in [1.29, 1.82) is 0 Å². The third-order valence-electron chi connectivity index (χ3n) is 3.95. The molecule has 1 aromatic heterocycles. The lowest BCUT2D eigenvalue weighted by atomic mass is 10.2. The molecule has 1 aromatic carbocycles. The summed E-state index contributed by atoms with van der Waals surface area (Å²) in [5.41, 5.74) is 0. The lowest BCUT2D eigenvalue weighted by molar-refractivity contribution is 0.0514. The first-order valence-electron chi connectivity index (χ1n) is 8.00. The van der Waals surface area contributed by atoms with Crippen molar-refractivity contribution < 1.29 is 14.3 Å². The van der Waals surface area contributed by atoms with Crippen LogP contribution in [0.25, 0.3) is 0 Å². The van der Waals surface area contributed by atoms with Crippen molar-refractivity contribution in [2.75, 3.05) is 19.6 Å². The first-order chi connectivity index (χ1) is 11.3. The number of para-hydroxylation sites is 1. The van der Waals surface area contributed by atoms with Gasteiger partial charge >= 0.3 is 6.16 Å². The number of halogens is 1. The second-order valence-electron chi connectivity index (χ2n) is 5.62. The summed E-state index contributed by atoms with van der Waals surface area (Å²) in [6.07, 6.45) is 2.44. The van der Waals surface area contributed by atoms with Crippen LogP contribution in [0.15, 0.2) is 47.8 Å². The number of ether oxygens (including phenoxy) is 2. The number of thiophene rings is 1. The molecule has 0 radical (unpaired) electrons. The maximum absolute atomic E-state index is 12.1. The lowest BCUT2D eigenvalue weighted by Gasteiger charge is -2.20. The van der Waals surface area contributed by atoms with Crippen LogP contribution in [0.3, 0.4) is 0 Å². The molecular formula is C18H22ClNO3S. The predicted octanol–water partition coefficient (Wildman–Crippen LogP) is 4.91. The van der Waals surface area contributed by atoms with Gasteiger partial charge < -0.3 is 14.4 Å². The Hall–Kier alpha value is -1.56. The first-order valence-corrected chi connectivity index (χ1v) is 8.88. The van der Waals surface area contributed by atoms with E-state index in [1.807, 2.05) is 35.7 Å². The monoisotopic (exact) mass is 367 g/mol. The summed E-state index contributed by atoms with van der Waals surface area (Å²) in [6, 6.07) is 13.0. The van der Waals surface area contributed by atoms with Crippen LogP contribution < -0.4 is 4.74 Å². The molecule has 1 saturated heterocycles. The highest BCUT2D eigenvalue weighted by Gasteiger charge is 2.21. The Kier molecular flexibility index (Phi) is 7.56. The fraction of sp³-hybridized carbons (Fsp3) is 0.389. The van der Waals surface area contributed by atoms with Crippen LogP contribution in [-0.4, -0.2) is 30.7 Å². The summed E-state index contributed by atoms with van der Waals surface area (Å²) >= 11 is 1.61. The van der Waals surface area contributed by atoms with Crippen LogP contribution in [0.2, 0.25) is 0 Å². The SMILES string of the molecule is Cl.O=C(Oc1ccccc1)OC(CCN1CCCC1)c1cccs1. The predicted molar refractivity (Wildman–Crippen MR) is 98.2 cm³/mol. The van der Waals surface area contributed by atoms with Gasteiger partial charge in [0, 0.05) is 17.8 Å². The highest BCUT2D eigenvalue weighted by molar-refractivity contribution is 7.10. The number of nitrogens with zero attached hydrogens (tertiary/aromatic N) is 1. The molecule has 0 amide bonds. The smallest absolute Gasteiger partial charge is 0.425 e. The summed E-state index contributed by atoms with van der Waals surface area (Å²) in [4.78, 5) is 15.5. The topological polar surface area (TPSA) is 38.8 Å². The molecule has 0 bridgehead atoms. The molecule has 6 heteroatoms. The summed E-state index contributed by atoms with van der Waals surface area (Å²) in [6.45, 7) is 3.23. The number of carbonyl (C=O) groups excluding carboxylic acids is 1. The average molecular weight is 368 g/mol. The van der Waals surface area contributed by atoms with Gasteiger partial charge in [0.05, 0.1) is 0 Å². The van der Waals surface area contributed by atoms with Gasteiger partial charge in [-0.15, -0.1) is 23.7 Å². The van der Waals surface area contributed by atoms with E-state index < -0.39 is 6.16 Å². The molecule has 2 heterocycles. The highest BCUT2D eigenvalue weighted by Crippen LogP contribution is 2.27. The van der Waals surface area contributed by atoms with Crippen LogP contribution in [0.4, 0.5) is 4.79 Å². The van der Waals surface area contributed by atoms with Gasteiger partial charge in [-0.1, -0.05) is 24.3 Å². The molecule has 2 aromatic rings. The minimum absolute atomic E-state index is 0. The summed E-state index contributed by atoms with van der Waals surface area (Å²) in [7, 11) is 0. The molecule has 24 heavy (non-hydrogen) atoms. The van der Waals surface area contributed by atoms with E-state index in [1.165, 1.54) is 12.8 Å². The molecule has 1 unspecified atom stereocenters. The highest BCUT2D eigenvalue weighted by atomic mass is 35.5.